The Hall–Kier alpha value is -1.62. The monoisotopic (exact) mass is 262 g/mol. The van der Waals surface area contributed by atoms with Gasteiger partial charge in [-0.05, 0) is 17.9 Å². The van der Waals surface area contributed by atoms with Gasteiger partial charge in [0.2, 0.25) is 0 Å². The van der Waals surface area contributed by atoms with Gasteiger partial charge in [0.15, 0.2) is 0 Å². The van der Waals surface area contributed by atoms with E-state index in [4.69, 9.17) is 4.74 Å². The number of methoxy groups -OCH3 is 1. The van der Waals surface area contributed by atoms with Gasteiger partial charge in [-0.1, -0.05) is 6.07 Å². The van der Waals surface area contributed by atoms with Crippen molar-refractivity contribution < 1.29 is 9.53 Å². The molecule has 0 saturated carbocycles. The first-order valence-electron chi connectivity index (χ1n) is 5.95. The summed E-state index contributed by atoms with van der Waals surface area (Å²) in [5.74, 6) is 0.888. The van der Waals surface area contributed by atoms with Crippen LogP contribution in [0, 0.1) is 5.92 Å². The van der Waals surface area contributed by atoms with Gasteiger partial charge in [-0.25, -0.2) is 4.98 Å². The molecule has 0 saturated heterocycles. The number of hydrogen-bond acceptors (Lipinski definition) is 4. The Kier molecular flexibility index (Phi) is 2.91. The van der Waals surface area contributed by atoms with Gasteiger partial charge in [0.1, 0.15) is 5.82 Å². The molecule has 0 spiro atoms. The van der Waals surface area contributed by atoms with Crippen LogP contribution in [0.5, 0.6) is 0 Å². The maximum Gasteiger partial charge on any atom is 0.309 e. The van der Waals surface area contributed by atoms with Gasteiger partial charge in [-0.3, -0.25) is 4.79 Å². The third-order valence-corrected chi connectivity index (χ3v) is 4.24. The second-order valence-electron chi connectivity index (χ2n) is 4.41. The first kappa shape index (κ1) is 11.5. The van der Waals surface area contributed by atoms with E-state index < -0.39 is 0 Å². The molecule has 1 aliphatic heterocycles. The van der Waals surface area contributed by atoms with Gasteiger partial charge < -0.3 is 9.30 Å². The molecule has 0 aliphatic carbocycles. The van der Waals surface area contributed by atoms with Crippen LogP contribution in [0.3, 0.4) is 0 Å². The third-order valence-electron chi connectivity index (χ3n) is 3.37. The molecule has 1 atom stereocenters. The molecule has 4 nitrogen and oxygen atoms in total. The molecular weight excluding hydrogens is 248 g/mol. The molecule has 1 aliphatic rings. The molecule has 0 N–H and O–H groups in total. The summed E-state index contributed by atoms with van der Waals surface area (Å²) < 4.78 is 7.03. The summed E-state index contributed by atoms with van der Waals surface area (Å²) in [6.45, 7) is 0.836. The Morgan fingerprint density at radius 2 is 2.50 bits per heavy atom. The summed E-state index contributed by atoms with van der Waals surface area (Å²) in [4.78, 5) is 17.2. The number of thiophene rings is 1. The maximum absolute atomic E-state index is 11.6. The zero-order chi connectivity index (χ0) is 12.5. The summed E-state index contributed by atoms with van der Waals surface area (Å²) in [5.41, 5.74) is 1.13. The Morgan fingerprint density at radius 3 is 3.22 bits per heavy atom. The van der Waals surface area contributed by atoms with Crippen LogP contribution in [0.1, 0.15) is 12.1 Å². The van der Waals surface area contributed by atoms with Crippen molar-refractivity contribution in [2.75, 3.05) is 7.11 Å². The van der Waals surface area contributed by atoms with E-state index in [1.165, 1.54) is 12.0 Å². The Balaban J connectivity index is 1.89. The zero-order valence-electron chi connectivity index (χ0n) is 10.1. The second kappa shape index (κ2) is 4.57. The first-order chi connectivity index (χ1) is 8.79. The molecule has 0 aromatic carbocycles. The topological polar surface area (TPSA) is 44.1 Å². The largest absolute Gasteiger partial charge is 0.469 e. The van der Waals surface area contributed by atoms with Crippen LogP contribution in [-0.2, 0) is 22.5 Å². The van der Waals surface area contributed by atoms with Gasteiger partial charge in [-0.15, -0.1) is 11.3 Å². The number of carbonyl (C=O) groups excluding carboxylic acids is 1. The molecule has 0 bridgehead atoms. The van der Waals surface area contributed by atoms with Gasteiger partial charge in [0.25, 0.3) is 0 Å². The van der Waals surface area contributed by atoms with Gasteiger partial charge in [-0.2, -0.15) is 0 Å². The number of esters is 1. The van der Waals surface area contributed by atoms with Crippen LogP contribution in [0.15, 0.2) is 23.7 Å². The fourth-order valence-corrected chi connectivity index (χ4v) is 3.16. The maximum atomic E-state index is 11.6. The number of carbonyl (C=O) groups is 1. The lowest BCUT2D eigenvalue weighted by atomic mass is 9.96. The van der Waals surface area contributed by atoms with Crippen molar-refractivity contribution in [3.05, 3.63) is 29.4 Å². The average molecular weight is 262 g/mol. The summed E-state index contributed by atoms with van der Waals surface area (Å²) >= 11 is 1.69. The summed E-state index contributed by atoms with van der Waals surface area (Å²) in [6, 6.07) is 4.11. The molecule has 3 rings (SSSR count). The minimum Gasteiger partial charge on any atom is -0.469 e. The average Bonchev–Trinajstić information content (AvgIpc) is 3.05. The molecule has 3 heterocycles. The Morgan fingerprint density at radius 1 is 1.61 bits per heavy atom. The molecule has 0 radical (unpaired) electrons. The van der Waals surface area contributed by atoms with Gasteiger partial charge in [0, 0.05) is 24.9 Å². The van der Waals surface area contributed by atoms with Crippen LogP contribution < -0.4 is 0 Å². The summed E-state index contributed by atoms with van der Waals surface area (Å²) in [5, 5.41) is 2.05. The van der Waals surface area contributed by atoms with Crippen molar-refractivity contribution in [1.29, 1.82) is 0 Å². The highest BCUT2D eigenvalue weighted by Gasteiger charge is 2.27. The predicted molar refractivity (Wildman–Crippen MR) is 69.4 cm³/mol. The van der Waals surface area contributed by atoms with E-state index in [9.17, 15) is 4.79 Å². The fourth-order valence-electron chi connectivity index (χ4n) is 2.43. The van der Waals surface area contributed by atoms with Gasteiger partial charge >= 0.3 is 5.97 Å². The van der Waals surface area contributed by atoms with Crippen molar-refractivity contribution in [2.45, 2.75) is 19.4 Å². The highest BCUT2D eigenvalue weighted by Crippen LogP contribution is 2.29. The van der Waals surface area contributed by atoms with E-state index >= 15 is 0 Å². The van der Waals surface area contributed by atoms with Crippen LogP contribution in [0.4, 0.5) is 0 Å². The molecule has 2 aromatic rings. The van der Waals surface area contributed by atoms with Crippen molar-refractivity contribution in [3.8, 4) is 10.7 Å². The molecule has 1 unspecified atom stereocenters. The number of rotatable bonds is 2. The van der Waals surface area contributed by atoms with Crippen molar-refractivity contribution in [2.24, 2.45) is 5.92 Å². The highest BCUT2D eigenvalue weighted by molar-refractivity contribution is 7.13. The Bertz CT molecular complexity index is 560. The minimum absolute atomic E-state index is 0.0182. The SMILES string of the molecule is COC(=O)C1CCn2c(cnc2-c2cccs2)C1. The van der Waals surface area contributed by atoms with E-state index in [0.717, 1.165) is 30.9 Å². The summed E-state index contributed by atoms with van der Waals surface area (Å²) in [7, 11) is 1.45. The molecule has 0 fully saturated rings. The lowest BCUT2D eigenvalue weighted by Crippen LogP contribution is -2.26. The van der Waals surface area contributed by atoms with Crippen LogP contribution in [0.2, 0.25) is 0 Å². The highest BCUT2D eigenvalue weighted by atomic mass is 32.1. The van der Waals surface area contributed by atoms with Crippen molar-refractivity contribution in [1.82, 2.24) is 9.55 Å². The second-order valence-corrected chi connectivity index (χ2v) is 5.36. The van der Waals surface area contributed by atoms with Gasteiger partial charge in [0.05, 0.1) is 17.9 Å². The molecule has 5 heteroatoms. The quantitative estimate of drug-likeness (QED) is 0.780. The lowest BCUT2D eigenvalue weighted by molar-refractivity contribution is -0.146. The van der Waals surface area contributed by atoms with E-state index in [1.807, 2.05) is 12.3 Å². The molecule has 94 valence electrons. The van der Waals surface area contributed by atoms with Crippen LogP contribution in [-0.4, -0.2) is 22.6 Å². The normalized spacial score (nSPS) is 18.4. The fraction of sp³-hybridized carbons (Fsp3) is 0.385. The van der Waals surface area contributed by atoms with E-state index in [1.54, 1.807) is 11.3 Å². The van der Waals surface area contributed by atoms with Crippen molar-refractivity contribution >= 4 is 17.3 Å². The third kappa shape index (κ3) is 1.84. The first-order valence-corrected chi connectivity index (χ1v) is 6.83. The number of nitrogens with zero attached hydrogens (tertiary/aromatic N) is 2. The van der Waals surface area contributed by atoms with E-state index in [0.29, 0.717) is 0 Å². The predicted octanol–water partition coefficient (Wildman–Crippen LogP) is 2.35. The summed E-state index contributed by atoms with van der Waals surface area (Å²) in [6.07, 6.45) is 3.43. The van der Waals surface area contributed by atoms with E-state index in [-0.39, 0.29) is 11.9 Å². The standard InChI is InChI=1S/C13H14N2O2S/c1-17-13(16)9-4-5-15-10(7-9)8-14-12(15)11-3-2-6-18-11/h2-3,6,8-9H,4-5,7H2,1H3. The number of imidazole rings is 1. The Labute approximate surface area is 109 Å². The van der Waals surface area contributed by atoms with Crippen LogP contribution in [0.25, 0.3) is 10.7 Å². The molecular formula is C13H14N2O2S. The van der Waals surface area contributed by atoms with Crippen LogP contribution >= 0.6 is 11.3 Å². The number of aromatic nitrogens is 2. The zero-order valence-corrected chi connectivity index (χ0v) is 10.9. The molecule has 2 aromatic heterocycles. The minimum atomic E-state index is -0.111. The molecule has 0 amide bonds. The smallest absolute Gasteiger partial charge is 0.309 e. The van der Waals surface area contributed by atoms with E-state index in [2.05, 4.69) is 21.0 Å². The molecule has 18 heavy (non-hydrogen) atoms. The number of ether oxygens (including phenoxy) is 1. The number of fused-ring (bicyclic) bond motifs is 1. The number of hydrogen-bond donors (Lipinski definition) is 0. The lowest BCUT2D eigenvalue weighted by Gasteiger charge is -2.22. The van der Waals surface area contributed by atoms with Crippen molar-refractivity contribution in [3.63, 3.8) is 0 Å².